The third-order valence-corrected chi connectivity index (χ3v) is 2.34. The molecular formula is C10H18N2O4. The number of nitrogens with two attached hydrogens (primary N) is 1. The molecule has 2 amide bonds. The zero-order chi connectivity index (χ0) is 12.0. The zero-order valence-corrected chi connectivity index (χ0v) is 9.15. The Bertz CT molecular complexity index is 253. The van der Waals surface area contributed by atoms with Gasteiger partial charge in [0.25, 0.3) is 0 Å². The molecule has 0 aliphatic heterocycles. The number of hydrogen-bond donors (Lipinski definition) is 3. The van der Waals surface area contributed by atoms with Crippen molar-refractivity contribution in [2.24, 2.45) is 5.73 Å². The first-order valence-corrected chi connectivity index (χ1v) is 5.50. The van der Waals surface area contributed by atoms with Crippen LogP contribution in [0, 0.1) is 0 Å². The summed E-state index contributed by atoms with van der Waals surface area (Å²) in [6.07, 6.45) is 1.83. The maximum Gasteiger partial charge on any atom is 0.404 e. The number of carbonyl (C=O) groups excluding carboxylic acids is 2. The summed E-state index contributed by atoms with van der Waals surface area (Å²) >= 11 is 0. The summed E-state index contributed by atoms with van der Waals surface area (Å²) in [6, 6.07) is 0.264. The van der Waals surface area contributed by atoms with E-state index in [1.807, 2.05) is 0 Å². The molecule has 0 saturated heterocycles. The molecular weight excluding hydrogens is 212 g/mol. The quantitative estimate of drug-likeness (QED) is 0.531. The molecule has 0 bridgehead atoms. The summed E-state index contributed by atoms with van der Waals surface area (Å²) in [4.78, 5) is 21.5. The molecule has 92 valence electrons. The average Bonchev–Trinajstić information content (AvgIpc) is 3.00. The number of hydrogen-bond acceptors (Lipinski definition) is 4. The van der Waals surface area contributed by atoms with Crippen molar-refractivity contribution in [3.63, 3.8) is 0 Å². The predicted octanol–water partition coefficient (Wildman–Crippen LogP) is -0.109. The van der Waals surface area contributed by atoms with Gasteiger partial charge in [0.15, 0.2) is 0 Å². The number of aliphatic hydroxyl groups is 1. The monoisotopic (exact) mass is 230 g/mol. The highest BCUT2D eigenvalue weighted by atomic mass is 16.5. The number of amides is 2. The van der Waals surface area contributed by atoms with Gasteiger partial charge in [-0.1, -0.05) is 0 Å². The molecule has 1 aliphatic rings. The first-order valence-electron chi connectivity index (χ1n) is 5.50. The van der Waals surface area contributed by atoms with Gasteiger partial charge in [-0.2, -0.15) is 0 Å². The van der Waals surface area contributed by atoms with Gasteiger partial charge in [-0.15, -0.1) is 0 Å². The second-order valence-electron chi connectivity index (χ2n) is 3.96. The number of rotatable bonds is 7. The van der Waals surface area contributed by atoms with Crippen molar-refractivity contribution < 1.29 is 19.4 Å². The maximum atomic E-state index is 11.3. The van der Waals surface area contributed by atoms with Crippen LogP contribution in [0.15, 0.2) is 0 Å². The summed E-state index contributed by atoms with van der Waals surface area (Å²) in [6.45, 7) is 0.228. The Balaban J connectivity index is 1.98. The van der Waals surface area contributed by atoms with E-state index in [-0.39, 0.29) is 18.6 Å². The molecule has 1 fully saturated rings. The molecule has 0 aromatic carbocycles. The van der Waals surface area contributed by atoms with Gasteiger partial charge >= 0.3 is 6.09 Å². The third kappa shape index (κ3) is 5.55. The Morgan fingerprint density at radius 3 is 2.69 bits per heavy atom. The van der Waals surface area contributed by atoms with Gasteiger partial charge in [0.1, 0.15) is 6.10 Å². The fourth-order valence-electron chi connectivity index (χ4n) is 1.27. The van der Waals surface area contributed by atoms with Crippen LogP contribution >= 0.6 is 0 Å². The van der Waals surface area contributed by atoms with Crippen molar-refractivity contribution in [1.82, 2.24) is 5.32 Å². The first-order chi connectivity index (χ1) is 7.59. The minimum Gasteiger partial charge on any atom is -0.450 e. The summed E-state index contributed by atoms with van der Waals surface area (Å²) < 4.78 is 4.52. The molecule has 1 rings (SSSR count). The molecule has 1 aliphatic carbocycles. The molecule has 0 radical (unpaired) electrons. The number of unbranched alkanes of at least 4 members (excludes halogenated alkanes) is 1. The number of aliphatic hydroxyl groups excluding tert-OH is 1. The molecule has 1 atom stereocenters. The molecule has 4 N–H and O–H groups in total. The van der Waals surface area contributed by atoms with E-state index >= 15 is 0 Å². The lowest BCUT2D eigenvalue weighted by Gasteiger charge is -2.10. The number of primary amides is 1. The van der Waals surface area contributed by atoms with Gasteiger partial charge in [-0.05, 0) is 32.1 Å². The fraction of sp³-hybridized carbons (Fsp3) is 0.800. The molecule has 6 heteroatoms. The highest BCUT2D eigenvalue weighted by molar-refractivity contribution is 5.80. The van der Waals surface area contributed by atoms with Crippen LogP contribution in [0.4, 0.5) is 4.79 Å². The van der Waals surface area contributed by atoms with E-state index in [1.54, 1.807) is 0 Å². The van der Waals surface area contributed by atoms with E-state index in [1.165, 1.54) is 0 Å². The molecule has 0 heterocycles. The largest absolute Gasteiger partial charge is 0.450 e. The van der Waals surface area contributed by atoms with E-state index in [0.29, 0.717) is 19.3 Å². The van der Waals surface area contributed by atoms with Crippen LogP contribution in [-0.2, 0) is 9.53 Å². The first kappa shape index (κ1) is 12.8. The maximum absolute atomic E-state index is 11.3. The SMILES string of the molecule is NC(=O)OCCCCC(O)C(=O)NC1CC1. The minimum atomic E-state index is -0.964. The van der Waals surface area contributed by atoms with Crippen molar-refractivity contribution in [2.75, 3.05) is 6.61 Å². The zero-order valence-electron chi connectivity index (χ0n) is 9.15. The predicted molar refractivity (Wildman–Crippen MR) is 56.6 cm³/mol. The van der Waals surface area contributed by atoms with Crippen LogP contribution in [-0.4, -0.2) is 35.9 Å². The lowest BCUT2D eigenvalue weighted by atomic mass is 10.1. The Kier molecular flexibility index (Phi) is 5.04. The van der Waals surface area contributed by atoms with E-state index in [0.717, 1.165) is 12.8 Å². The summed E-state index contributed by atoms with van der Waals surface area (Å²) in [7, 11) is 0. The molecule has 0 aromatic rings. The Morgan fingerprint density at radius 2 is 2.12 bits per heavy atom. The second-order valence-corrected chi connectivity index (χ2v) is 3.96. The average molecular weight is 230 g/mol. The van der Waals surface area contributed by atoms with Gasteiger partial charge in [0.2, 0.25) is 5.91 Å². The van der Waals surface area contributed by atoms with Crippen molar-refractivity contribution in [2.45, 2.75) is 44.2 Å². The Hall–Kier alpha value is -1.30. The van der Waals surface area contributed by atoms with Crippen molar-refractivity contribution >= 4 is 12.0 Å². The van der Waals surface area contributed by atoms with E-state index in [2.05, 4.69) is 10.1 Å². The number of ether oxygens (including phenoxy) is 1. The van der Waals surface area contributed by atoms with Gasteiger partial charge in [-0.25, -0.2) is 4.79 Å². The highest BCUT2D eigenvalue weighted by Crippen LogP contribution is 2.18. The molecule has 0 aromatic heterocycles. The van der Waals surface area contributed by atoms with Gasteiger partial charge in [-0.3, -0.25) is 4.79 Å². The second kappa shape index (κ2) is 6.32. The topological polar surface area (TPSA) is 102 Å². The standard InChI is InChI=1S/C10H18N2O4/c11-10(15)16-6-2-1-3-8(13)9(14)12-7-4-5-7/h7-8,13H,1-6H2,(H2,11,15)(H,12,14). The van der Waals surface area contributed by atoms with E-state index in [9.17, 15) is 14.7 Å². The van der Waals surface area contributed by atoms with E-state index < -0.39 is 12.2 Å². The van der Waals surface area contributed by atoms with Crippen molar-refractivity contribution in [3.8, 4) is 0 Å². The van der Waals surface area contributed by atoms with Crippen molar-refractivity contribution in [1.29, 1.82) is 0 Å². The normalized spacial score (nSPS) is 16.6. The summed E-state index contributed by atoms with van der Waals surface area (Å²) in [5.41, 5.74) is 4.77. The van der Waals surface area contributed by atoms with Crippen LogP contribution in [0.3, 0.4) is 0 Å². The highest BCUT2D eigenvalue weighted by Gasteiger charge is 2.26. The van der Waals surface area contributed by atoms with Crippen LogP contribution in [0.1, 0.15) is 32.1 Å². The molecule has 6 nitrogen and oxygen atoms in total. The van der Waals surface area contributed by atoms with Gasteiger partial charge in [0.05, 0.1) is 6.61 Å². The van der Waals surface area contributed by atoms with Gasteiger partial charge in [0, 0.05) is 6.04 Å². The molecule has 1 unspecified atom stereocenters. The van der Waals surface area contributed by atoms with E-state index in [4.69, 9.17) is 5.73 Å². The summed E-state index contributed by atoms with van der Waals surface area (Å²) in [5, 5.41) is 12.2. The lowest BCUT2D eigenvalue weighted by molar-refractivity contribution is -0.129. The third-order valence-electron chi connectivity index (χ3n) is 2.34. The Labute approximate surface area is 94.1 Å². The smallest absolute Gasteiger partial charge is 0.404 e. The van der Waals surface area contributed by atoms with Crippen molar-refractivity contribution in [3.05, 3.63) is 0 Å². The van der Waals surface area contributed by atoms with Crippen LogP contribution in [0.25, 0.3) is 0 Å². The van der Waals surface area contributed by atoms with Crippen LogP contribution < -0.4 is 11.1 Å². The van der Waals surface area contributed by atoms with Crippen LogP contribution in [0.2, 0.25) is 0 Å². The molecule has 1 saturated carbocycles. The molecule has 0 spiro atoms. The number of carbonyl (C=O) groups is 2. The van der Waals surface area contributed by atoms with Gasteiger partial charge < -0.3 is 20.9 Å². The molecule has 16 heavy (non-hydrogen) atoms. The number of nitrogens with one attached hydrogen (secondary N) is 1. The van der Waals surface area contributed by atoms with Crippen LogP contribution in [0.5, 0.6) is 0 Å². The minimum absolute atomic E-state index is 0.228. The summed E-state index contributed by atoms with van der Waals surface area (Å²) in [5.74, 6) is -0.307. The fourth-order valence-corrected chi connectivity index (χ4v) is 1.27. The Morgan fingerprint density at radius 1 is 1.44 bits per heavy atom. The lowest BCUT2D eigenvalue weighted by Crippen LogP contribution is -2.35.